The zero-order valence-corrected chi connectivity index (χ0v) is 10.6. The Balaban J connectivity index is 2.35. The van der Waals surface area contributed by atoms with Gasteiger partial charge >= 0.3 is 0 Å². The monoisotopic (exact) mass is 224 g/mol. The molecule has 0 aliphatic rings. The summed E-state index contributed by atoms with van der Waals surface area (Å²) in [7, 11) is 0. The SMILES string of the molecule is CCC(C)(O)CCSc1ccc(C)cc1. The highest BCUT2D eigenvalue weighted by atomic mass is 32.2. The van der Waals surface area contributed by atoms with Crippen molar-refractivity contribution in [1.29, 1.82) is 0 Å². The lowest BCUT2D eigenvalue weighted by Gasteiger charge is -2.20. The van der Waals surface area contributed by atoms with Crippen molar-refractivity contribution in [2.75, 3.05) is 5.75 Å². The van der Waals surface area contributed by atoms with Gasteiger partial charge < -0.3 is 5.11 Å². The van der Waals surface area contributed by atoms with Gasteiger partial charge in [0.15, 0.2) is 0 Å². The highest BCUT2D eigenvalue weighted by Gasteiger charge is 2.16. The van der Waals surface area contributed by atoms with Crippen molar-refractivity contribution in [2.45, 2.75) is 44.1 Å². The van der Waals surface area contributed by atoms with Crippen molar-refractivity contribution in [3.8, 4) is 0 Å². The van der Waals surface area contributed by atoms with Gasteiger partial charge in [-0.15, -0.1) is 11.8 Å². The van der Waals surface area contributed by atoms with E-state index in [1.54, 1.807) is 0 Å². The minimum absolute atomic E-state index is 0.502. The van der Waals surface area contributed by atoms with E-state index in [1.807, 2.05) is 25.6 Å². The molecule has 15 heavy (non-hydrogen) atoms. The molecule has 0 amide bonds. The maximum atomic E-state index is 9.83. The van der Waals surface area contributed by atoms with Crippen LogP contribution in [0.4, 0.5) is 0 Å². The molecule has 0 fully saturated rings. The molecule has 0 saturated carbocycles. The summed E-state index contributed by atoms with van der Waals surface area (Å²) in [4.78, 5) is 1.28. The summed E-state index contributed by atoms with van der Waals surface area (Å²) in [6, 6.07) is 8.53. The molecule has 1 atom stereocenters. The van der Waals surface area contributed by atoms with E-state index in [0.29, 0.717) is 0 Å². The number of aryl methyl sites for hydroxylation is 1. The first-order valence-electron chi connectivity index (χ1n) is 5.45. The fourth-order valence-corrected chi connectivity index (χ4v) is 2.31. The van der Waals surface area contributed by atoms with Crippen molar-refractivity contribution in [3.63, 3.8) is 0 Å². The molecular weight excluding hydrogens is 204 g/mol. The minimum Gasteiger partial charge on any atom is -0.390 e. The largest absolute Gasteiger partial charge is 0.390 e. The van der Waals surface area contributed by atoms with E-state index in [1.165, 1.54) is 10.5 Å². The Morgan fingerprint density at radius 2 is 1.87 bits per heavy atom. The Kier molecular flexibility index (Phi) is 4.68. The Bertz CT molecular complexity index is 290. The number of hydrogen-bond donors (Lipinski definition) is 1. The van der Waals surface area contributed by atoms with Gasteiger partial charge in [0.1, 0.15) is 0 Å². The predicted octanol–water partition coefficient (Wildman–Crippen LogP) is 3.64. The van der Waals surface area contributed by atoms with Crippen LogP contribution in [0.3, 0.4) is 0 Å². The van der Waals surface area contributed by atoms with E-state index in [4.69, 9.17) is 0 Å². The molecular formula is C13H20OS. The minimum atomic E-state index is -0.502. The number of thioether (sulfide) groups is 1. The van der Waals surface area contributed by atoms with Crippen molar-refractivity contribution in [1.82, 2.24) is 0 Å². The van der Waals surface area contributed by atoms with Crippen LogP contribution in [0, 0.1) is 6.92 Å². The normalized spacial score (nSPS) is 14.9. The lowest BCUT2D eigenvalue weighted by molar-refractivity contribution is 0.0533. The molecule has 0 saturated heterocycles. The van der Waals surface area contributed by atoms with E-state index in [-0.39, 0.29) is 0 Å². The fourth-order valence-electron chi connectivity index (χ4n) is 1.20. The lowest BCUT2D eigenvalue weighted by Crippen LogP contribution is -2.23. The van der Waals surface area contributed by atoms with Gasteiger partial charge in [-0.05, 0) is 38.8 Å². The van der Waals surface area contributed by atoms with Crippen LogP contribution in [0.5, 0.6) is 0 Å². The summed E-state index contributed by atoms with van der Waals surface area (Å²) in [6.45, 7) is 6.02. The van der Waals surface area contributed by atoms with Crippen LogP contribution in [0.15, 0.2) is 29.2 Å². The average molecular weight is 224 g/mol. The fraction of sp³-hybridized carbons (Fsp3) is 0.538. The summed E-state index contributed by atoms with van der Waals surface area (Å²) >= 11 is 1.81. The second-order valence-electron chi connectivity index (χ2n) is 4.26. The van der Waals surface area contributed by atoms with Gasteiger partial charge in [-0.2, -0.15) is 0 Å². The van der Waals surface area contributed by atoms with Gasteiger partial charge in [0.2, 0.25) is 0 Å². The van der Waals surface area contributed by atoms with Gasteiger partial charge in [-0.25, -0.2) is 0 Å². The summed E-state index contributed by atoms with van der Waals surface area (Å²) in [5, 5.41) is 9.83. The standard InChI is InChI=1S/C13H20OS/c1-4-13(3,14)9-10-15-12-7-5-11(2)6-8-12/h5-8,14H,4,9-10H2,1-3H3. The Morgan fingerprint density at radius 3 is 2.40 bits per heavy atom. The number of rotatable bonds is 5. The number of hydrogen-bond acceptors (Lipinski definition) is 2. The first kappa shape index (κ1) is 12.6. The zero-order valence-electron chi connectivity index (χ0n) is 9.79. The van der Waals surface area contributed by atoms with Crippen LogP contribution in [0.2, 0.25) is 0 Å². The first-order valence-corrected chi connectivity index (χ1v) is 6.44. The summed E-state index contributed by atoms with van der Waals surface area (Å²) in [5.41, 5.74) is 0.789. The second kappa shape index (κ2) is 5.57. The number of aliphatic hydroxyl groups is 1. The molecule has 0 spiro atoms. The Labute approximate surface area is 96.9 Å². The highest BCUT2D eigenvalue weighted by molar-refractivity contribution is 7.99. The molecule has 0 heterocycles. The average Bonchev–Trinajstić information content (AvgIpc) is 2.21. The summed E-state index contributed by atoms with van der Waals surface area (Å²) in [6.07, 6.45) is 1.67. The third-order valence-electron chi connectivity index (χ3n) is 2.69. The quantitative estimate of drug-likeness (QED) is 0.771. The molecule has 1 aromatic carbocycles. The van der Waals surface area contributed by atoms with Crippen LogP contribution in [0.1, 0.15) is 32.3 Å². The van der Waals surface area contributed by atoms with Crippen LogP contribution in [-0.4, -0.2) is 16.5 Å². The highest BCUT2D eigenvalue weighted by Crippen LogP contribution is 2.23. The van der Waals surface area contributed by atoms with Gasteiger partial charge in [0, 0.05) is 10.6 Å². The smallest absolute Gasteiger partial charge is 0.0625 e. The molecule has 1 N–H and O–H groups in total. The Morgan fingerprint density at radius 1 is 1.27 bits per heavy atom. The molecule has 0 aliphatic heterocycles. The van der Waals surface area contributed by atoms with E-state index in [9.17, 15) is 5.11 Å². The van der Waals surface area contributed by atoms with Crippen LogP contribution in [-0.2, 0) is 0 Å². The molecule has 1 unspecified atom stereocenters. The van der Waals surface area contributed by atoms with Gasteiger partial charge in [-0.1, -0.05) is 24.6 Å². The molecule has 1 nitrogen and oxygen atoms in total. The van der Waals surface area contributed by atoms with Gasteiger partial charge in [-0.3, -0.25) is 0 Å². The summed E-state index contributed by atoms with van der Waals surface area (Å²) in [5.74, 6) is 0.976. The van der Waals surface area contributed by atoms with Crippen LogP contribution >= 0.6 is 11.8 Å². The van der Waals surface area contributed by atoms with Crippen molar-refractivity contribution in [2.24, 2.45) is 0 Å². The van der Waals surface area contributed by atoms with Crippen LogP contribution < -0.4 is 0 Å². The van der Waals surface area contributed by atoms with E-state index >= 15 is 0 Å². The van der Waals surface area contributed by atoms with Crippen molar-refractivity contribution >= 4 is 11.8 Å². The maximum absolute atomic E-state index is 9.83. The molecule has 0 radical (unpaired) electrons. The van der Waals surface area contributed by atoms with Crippen molar-refractivity contribution in [3.05, 3.63) is 29.8 Å². The van der Waals surface area contributed by atoms with Gasteiger partial charge in [0.05, 0.1) is 5.60 Å². The first-order chi connectivity index (χ1) is 7.03. The molecule has 1 rings (SSSR count). The molecule has 1 aromatic rings. The number of benzene rings is 1. The lowest BCUT2D eigenvalue weighted by atomic mass is 10.0. The van der Waals surface area contributed by atoms with E-state index < -0.39 is 5.60 Å². The maximum Gasteiger partial charge on any atom is 0.0625 e. The molecule has 0 aliphatic carbocycles. The van der Waals surface area contributed by atoms with Crippen LogP contribution in [0.25, 0.3) is 0 Å². The zero-order chi connectivity index (χ0) is 11.3. The molecule has 2 heteroatoms. The topological polar surface area (TPSA) is 20.2 Å². The second-order valence-corrected chi connectivity index (χ2v) is 5.43. The molecule has 0 bridgehead atoms. The molecule has 0 aromatic heterocycles. The van der Waals surface area contributed by atoms with E-state index in [0.717, 1.165) is 18.6 Å². The summed E-state index contributed by atoms with van der Waals surface area (Å²) < 4.78 is 0. The third-order valence-corrected chi connectivity index (χ3v) is 3.71. The van der Waals surface area contributed by atoms with E-state index in [2.05, 4.69) is 31.2 Å². The van der Waals surface area contributed by atoms with Crippen molar-refractivity contribution < 1.29 is 5.11 Å². The Hall–Kier alpha value is -0.470. The third kappa shape index (κ3) is 4.72. The van der Waals surface area contributed by atoms with Gasteiger partial charge in [0.25, 0.3) is 0 Å². The predicted molar refractivity (Wildman–Crippen MR) is 67.4 cm³/mol. The molecule has 84 valence electrons.